The van der Waals surface area contributed by atoms with Gasteiger partial charge in [0, 0.05) is 19.2 Å². The summed E-state index contributed by atoms with van der Waals surface area (Å²) in [7, 11) is 3.73. The van der Waals surface area contributed by atoms with Crippen LogP contribution in [0.15, 0.2) is 11.6 Å². The van der Waals surface area contributed by atoms with Gasteiger partial charge in [0.25, 0.3) is 0 Å². The number of nitrogens with zero attached hydrogens (tertiary/aromatic N) is 2. The first-order chi connectivity index (χ1) is 14.9. The monoisotopic (exact) mass is 451 g/mol. The quantitative estimate of drug-likeness (QED) is 0.407. The van der Waals surface area contributed by atoms with E-state index in [0.717, 1.165) is 25.8 Å². The molecular weight excluding hydrogens is 406 g/mol. The maximum absolute atomic E-state index is 13.5. The Labute approximate surface area is 194 Å². The van der Waals surface area contributed by atoms with Crippen molar-refractivity contribution in [1.29, 1.82) is 0 Å². The lowest BCUT2D eigenvalue weighted by Crippen LogP contribution is -2.58. The van der Waals surface area contributed by atoms with Crippen molar-refractivity contribution >= 4 is 17.8 Å². The van der Waals surface area contributed by atoms with Gasteiger partial charge in [-0.05, 0) is 51.5 Å². The predicted octanol–water partition coefficient (Wildman–Crippen LogP) is 3.24. The maximum Gasteiger partial charge on any atom is 0.333 e. The summed E-state index contributed by atoms with van der Waals surface area (Å²) < 4.78 is 5.08. The lowest BCUT2D eigenvalue weighted by atomic mass is 9.90. The Bertz CT molecular complexity index is 674. The summed E-state index contributed by atoms with van der Waals surface area (Å²) in [6.45, 7) is 14.8. The van der Waals surface area contributed by atoms with Crippen molar-refractivity contribution in [3.05, 3.63) is 11.6 Å². The molecule has 7 heteroatoms. The van der Waals surface area contributed by atoms with Gasteiger partial charge in [0.1, 0.15) is 6.04 Å². The highest BCUT2D eigenvalue weighted by Crippen LogP contribution is 2.24. The average molecular weight is 452 g/mol. The molecule has 2 amide bonds. The molecule has 0 saturated carbocycles. The van der Waals surface area contributed by atoms with Gasteiger partial charge in [0.15, 0.2) is 0 Å². The molecule has 1 saturated heterocycles. The van der Waals surface area contributed by atoms with Crippen LogP contribution in [0.4, 0.5) is 0 Å². The second-order valence-electron chi connectivity index (χ2n) is 9.79. The Morgan fingerprint density at radius 3 is 2.22 bits per heavy atom. The van der Waals surface area contributed by atoms with E-state index in [4.69, 9.17) is 4.74 Å². The van der Waals surface area contributed by atoms with E-state index in [-0.39, 0.29) is 41.7 Å². The minimum atomic E-state index is -0.623. The van der Waals surface area contributed by atoms with Crippen molar-refractivity contribution in [2.45, 2.75) is 85.9 Å². The predicted molar refractivity (Wildman–Crippen MR) is 128 cm³/mol. The number of likely N-dealkylation sites (tertiary alicyclic amines) is 1. The first-order valence-electron chi connectivity index (χ1n) is 12.1. The minimum absolute atomic E-state index is 0.0610. The van der Waals surface area contributed by atoms with Crippen molar-refractivity contribution in [2.75, 3.05) is 27.2 Å². The Hall–Kier alpha value is -1.89. The van der Waals surface area contributed by atoms with Crippen LogP contribution < -0.4 is 5.32 Å². The number of piperidine rings is 1. The molecule has 1 rings (SSSR count). The van der Waals surface area contributed by atoms with Gasteiger partial charge in [-0.15, -0.1) is 0 Å². The molecule has 4 atom stereocenters. The highest BCUT2D eigenvalue weighted by atomic mass is 16.5. The molecule has 0 bridgehead atoms. The molecule has 0 aromatic carbocycles. The van der Waals surface area contributed by atoms with Crippen molar-refractivity contribution in [1.82, 2.24) is 15.1 Å². The van der Waals surface area contributed by atoms with Crippen LogP contribution in [-0.4, -0.2) is 73.0 Å². The average Bonchev–Trinajstić information content (AvgIpc) is 2.73. The molecule has 32 heavy (non-hydrogen) atoms. The van der Waals surface area contributed by atoms with E-state index in [1.165, 1.54) is 0 Å². The van der Waals surface area contributed by atoms with Crippen LogP contribution in [0.5, 0.6) is 0 Å². The summed E-state index contributed by atoms with van der Waals surface area (Å²) in [6.07, 6.45) is 4.75. The van der Waals surface area contributed by atoms with E-state index in [9.17, 15) is 14.4 Å². The number of hydrogen-bond donors (Lipinski definition) is 1. The van der Waals surface area contributed by atoms with Gasteiger partial charge in [-0.25, -0.2) is 4.79 Å². The number of likely N-dealkylation sites (N-methyl/N-ethyl adjacent to an activating group) is 2. The van der Waals surface area contributed by atoms with Gasteiger partial charge < -0.3 is 15.0 Å². The van der Waals surface area contributed by atoms with Crippen LogP contribution in [-0.2, 0) is 19.1 Å². The lowest BCUT2D eigenvalue weighted by molar-refractivity contribution is -0.140. The molecule has 1 fully saturated rings. The van der Waals surface area contributed by atoms with E-state index in [1.807, 2.05) is 34.7 Å². The first-order valence-corrected chi connectivity index (χ1v) is 12.1. The number of hydrogen-bond acceptors (Lipinski definition) is 5. The van der Waals surface area contributed by atoms with E-state index >= 15 is 0 Å². The molecule has 0 aliphatic carbocycles. The van der Waals surface area contributed by atoms with Crippen molar-refractivity contribution < 1.29 is 19.1 Å². The topological polar surface area (TPSA) is 79.0 Å². The van der Waals surface area contributed by atoms with Crippen LogP contribution in [0.25, 0.3) is 0 Å². The molecule has 0 spiro atoms. The lowest BCUT2D eigenvalue weighted by Gasteiger charge is -2.38. The van der Waals surface area contributed by atoms with Crippen LogP contribution in [0.1, 0.15) is 67.7 Å². The molecule has 184 valence electrons. The van der Waals surface area contributed by atoms with Crippen molar-refractivity contribution in [2.24, 2.45) is 17.8 Å². The maximum atomic E-state index is 13.5. The second kappa shape index (κ2) is 13.0. The Morgan fingerprint density at radius 1 is 1.12 bits per heavy atom. The summed E-state index contributed by atoms with van der Waals surface area (Å²) >= 11 is 0. The van der Waals surface area contributed by atoms with Crippen LogP contribution in [0, 0.1) is 17.8 Å². The fourth-order valence-corrected chi connectivity index (χ4v) is 4.35. The Balaban J connectivity index is 2.99. The summed E-state index contributed by atoms with van der Waals surface area (Å²) in [6, 6.07) is -1.11. The summed E-state index contributed by atoms with van der Waals surface area (Å²) in [5.41, 5.74) is 0.477. The molecule has 4 unspecified atom stereocenters. The molecule has 7 nitrogen and oxygen atoms in total. The first kappa shape index (κ1) is 28.1. The van der Waals surface area contributed by atoms with Gasteiger partial charge in [-0.2, -0.15) is 0 Å². The zero-order valence-corrected chi connectivity index (χ0v) is 21.6. The molecule has 1 aliphatic rings. The Kier molecular flexibility index (Phi) is 11.4. The largest absolute Gasteiger partial charge is 0.463 e. The number of esters is 1. The summed E-state index contributed by atoms with van der Waals surface area (Å²) in [4.78, 5) is 42.4. The number of carbonyl (C=O) groups excluding carboxylic acids is 3. The SMILES string of the molecule is CCOC(=O)/C(C)=C/C(C(C)C)N(C)C(=O)C(NC(=O)C1CCC(CC)CN1C)C(C)C. The third-order valence-corrected chi connectivity index (χ3v) is 6.53. The number of ether oxygens (including phenoxy) is 1. The van der Waals surface area contributed by atoms with Gasteiger partial charge in [-0.3, -0.25) is 14.5 Å². The molecule has 1 aliphatic heterocycles. The van der Waals surface area contributed by atoms with Crippen LogP contribution in [0.2, 0.25) is 0 Å². The zero-order valence-electron chi connectivity index (χ0n) is 21.6. The molecule has 0 aromatic heterocycles. The number of amides is 2. The number of nitrogens with one attached hydrogen (secondary N) is 1. The van der Waals surface area contributed by atoms with E-state index in [1.54, 1.807) is 31.9 Å². The third kappa shape index (κ3) is 7.61. The van der Waals surface area contributed by atoms with Crippen molar-refractivity contribution in [3.63, 3.8) is 0 Å². The Morgan fingerprint density at radius 2 is 1.75 bits per heavy atom. The second-order valence-corrected chi connectivity index (χ2v) is 9.79. The summed E-state index contributed by atoms with van der Waals surface area (Å²) in [5.74, 6) is 0.0468. The van der Waals surface area contributed by atoms with Gasteiger partial charge in [0.05, 0.1) is 18.7 Å². The minimum Gasteiger partial charge on any atom is -0.463 e. The highest BCUT2D eigenvalue weighted by Gasteiger charge is 2.35. The molecule has 1 heterocycles. The van der Waals surface area contributed by atoms with E-state index in [0.29, 0.717) is 18.1 Å². The normalized spacial score (nSPS) is 21.9. The van der Waals surface area contributed by atoms with Gasteiger partial charge in [-0.1, -0.05) is 47.1 Å². The number of rotatable bonds is 10. The third-order valence-electron chi connectivity index (χ3n) is 6.53. The molecular formula is C25H45N3O4. The fourth-order valence-electron chi connectivity index (χ4n) is 4.35. The zero-order chi connectivity index (χ0) is 24.6. The highest BCUT2D eigenvalue weighted by molar-refractivity contribution is 5.91. The van der Waals surface area contributed by atoms with Crippen molar-refractivity contribution in [3.8, 4) is 0 Å². The van der Waals surface area contributed by atoms with Crippen LogP contribution >= 0.6 is 0 Å². The van der Waals surface area contributed by atoms with Gasteiger partial charge >= 0.3 is 5.97 Å². The molecule has 0 radical (unpaired) electrons. The van der Waals surface area contributed by atoms with Gasteiger partial charge in [0.2, 0.25) is 11.8 Å². The standard InChI is InChI=1S/C25H45N3O4/c1-10-19-12-13-20(27(8)15-19)23(29)26-22(17(5)6)24(30)28(9)21(16(3)4)14-18(7)25(31)32-11-2/h14,16-17,19-22H,10-13,15H2,1-9H3,(H,26,29)/b18-14+. The van der Waals surface area contributed by atoms with Crippen LogP contribution in [0.3, 0.4) is 0 Å². The van der Waals surface area contributed by atoms with E-state index < -0.39 is 6.04 Å². The molecule has 0 aromatic rings. The van der Waals surface area contributed by atoms with E-state index in [2.05, 4.69) is 17.1 Å². The number of carbonyl (C=O) groups is 3. The fraction of sp³-hybridized carbons (Fsp3) is 0.800. The smallest absolute Gasteiger partial charge is 0.333 e. The molecule has 1 N–H and O–H groups in total. The summed E-state index contributed by atoms with van der Waals surface area (Å²) in [5, 5.41) is 3.04.